The molecule has 2 aromatic carbocycles. The summed E-state index contributed by atoms with van der Waals surface area (Å²) in [6.45, 7) is 6.15. The molecule has 0 aliphatic rings. The van der Waals surface area contributed by atoms with Crippen LogP contribution in [0.4, 0.5) is 0 Å². The maximum absolute atomic E-state index is 12.6. The van der Waals surface area contributed by atoms with Gasteiger partial charge >= 0.3 is 0 Å². The van der Waals surface area contributed by atoms with Crippen molar-refractivity contribution < 1.29 is 27.5 Å². The van der Waals surface area contributed by atoms with E-state index in [1.807, 2.05) is 0 Å². The summed E-state index contributed by atoms with van der Waals surface area (Å²) in [6, 6.07) is 8.91. The molecule has 0 radical (unpaired) electrons. The fourth-order valence-electron chi connectivity index (χ4n) is 2.79. The third-order valence-corrected chi connectivity index (χ3v) is 6.11. The van der Waals surface area contributed by atoms with Crippen LogP contribution >= 0.6 is 0 Å². The molecular weight excluding hydrogens is 434 g/mol. The average molecular weight is 464 g/mol. The minimum absolute atomic E-state index is 0.0372. The number of rotatable bonds is 10. The fraction of sp³-hybridized carbons (Fsp3) is 0.364. The van der Waals surface area contributed by atoms with Crippen molar-refractivity contribution in [3.63, 3.8) is 0 Å². The molecule has 0 spiro atoms. The Morgan fingerprint density at radius 3 is 2.34 bits per heavy atom. The summed E-state index contributed by atoms with van der Waals surface area (Å²) in [4.78, 5) is 25.0. The fourth-order valence-corrected chi connectivity index (χ4v) is 3.86. The Morgan fingerprint density at radius 2 is 1.69 bits per heavy atom. The molecule has 0 saturated heterocycles. The second-order valence-electron chi connectivity index (χ2n) is 6.95. The lowest BCUT2D eigenvalue weighted by atomic mass is 10.1. The van der Waals surface area contributed by atoms with Crippen LogP contribution in [0.25, 0.3) is 0 Å². The van der Waals surface area contributed by atoms with Gasteiger partial charge in [-0.1, -0.05) is 26.3 Å². The summed E-state index contributed by atoms with van der Waals surface area (Å²) in [7, 11) is -2.25. The number of unbranched alkanes of at least 4 members (excludes halogenated alkanes) is 1. The molecule has 0 bridgehead atoms. The maximum Gasteiger partial charge on any atom is 0.270 e. The topological polar surface area (TPSA) is 123 Å². The van der Waals surface area contributed by atoms with E-state index in [-0.39, 0.29) is 22.6 Å². The number of hydrazine groups is 1. The third kappa shape index (κ3) is 6.44. The Hall–Kier alpha value is -3.11. The van der Waals surface area contributed by atoms with E-state index in [4.69, 9.17) is 9.47 Å². The van der Waals surface area contributed by atoms with E-state index in [9.17, 15) is 18.0 Å². The van der Waals surface area contributed by atoms with Crippen molar-refractivity contribution in [3.8, 4) is 11.5 Å². The van der Waals surface area contributed by atoms with Crippen LogP contribution in [0.2, 0.25) is 0 Å². The van der Waals surface area contributed by atoms with Crippen molar-refractivity contribution in [3.05, 3.63) is 53.1 Å². The van der Waals surface area contributed by atoms with Gasteiger partial charge in [0.15, 0.2) is 11.5 Å². The third-order valence-electron chi connectivity index (χ3n) is 4.57. The van der Waals surface area contributed by atoms with E-state index in [1.165, 1.54) is 31.4 Å². The highest BCUT2D eigenvalue weighted by atomic mass is 32.2. The minimum atomic E-state index is -3.72. The van der Waals surface area contributed by atoms with Crippen LogP contribution in [0.3, 0.4) is 0 Å². The zero-order valence-corrected chi connectivity index (χ0v) is 19.5. The monoisotopic (exact) mass is 463 g/mol. The number of amides is 2. The molecule has 3 N–H and O–H groups in total. The predicted octanol–water partition coefficient (Wildman–Crippen LogP) is 2.56. The molecule has 0 atom stereocenters. The molecule has 2 rings (SSSR count). The standard InChI is InChI=1S/C22H29N3O6S/c1-5-7-12-31-19-11-9-16(13-20(19)30-4)21(26)24-25-22(27)18-14-17(10-8-15(18)3)32(28,29)23-6-2/h8-11,13-14,23H,5-7,12H2,1-4H3,(H,24,26)(H,25,27). The van der Waals surface area contributed by atoms with Gasteiger partial charge in [0.05, 0.1) is 18.6 Å². The van der Waals surface area contributed by atoms with Gasteiger partial charge in [0.1, 0.15) is 0 Å². The van der Waals surface area contributed by atoms with Gasteiger partial charge in [-0.25, -0.2) is 13.1 Å². The number of ether oxygens (including phenoxy) is 2. The summed E-state index contributed by atoms with van der Waals surface area (Å²) in [5, 5.41) is 0. The lowest BCUT2D eigenvalue weighted by molar-refractivity contribution is 0.0846. The Labute approximate surface area is 188 Å². The van der Waals surface area contributed by atoms with E-state index < -0.39 is 21.8 Å². The number of aryl methyl sites for hydroxylation is 1. The lowest BCUT2D eigenvalue weighted by Crippen LogP contribution is -2.42. The molecule has 0 unspecified atom stereocenters. The summed E-state index contributed by atoms with van der Waals surface area (Å²) in [5.41, 5.74) is 5.59. The van der Waals surface area contributed by atoms with Gasteiger partial charge in [0, 0.05) is 17.7 Å². The molecule has 10 heteroatoms. The minimum Gasteiger partial charge on any atom is -0.493 e. The van der Waals surface area contributed by atoms with Gasteiger partial charge in [-0.2, -0.15) is 0 Å². The Balaban J connectivity index is 2.10. The van der Waals surface area contributed by atoms with Crippen LogP contribution in [-0.2, 0) is 10.0 Å². The van der Waals surface area contributed by atoms with Crippen LogP contribution in [0.5, 0.6) is 11.5 Å². The molecule has 9 nitrogen and oxygen atoms in total. The number of hydrogen-bond donors (Lipinski definition) is 3. The van der Waals surface area contributed by atoms with Gasteiger partial charge in [0.25, 0.3) is 11.8 Å². The van der Waals surface area contributed by atoms with Gasteiger partial charge in [-0.15, -0.1) is 0 Å². The molecule has 32 heavy (non-hydrogen) atoms. The second kappa shape index (κ2) is 11.5. The maximum atomic E-state index is 12.6. The van der Waals surface area contributed by atoms with Crippen molar-refractivity contribution in [1.29, 1.82) is 0 Å². The molecule has 174 valence electrons. The van der Waals surface area contributed by atoms with Crippen molar-refractivity contribution in [2.75, 3.05) is 20.3 Å². The number of carbonyl (C=O) groups is 2. The lowest BCUT2D eigenvalue weighted by Gasteiger charge is -2.13. The largest absolute Gasteiger partial charge is 0.493 e. The summed E-state index contributed by atoms with van der Waals surface area (Å²) in [6.07, 6.45) is 1.89. The van der Waals surface area contributed by atoms with Crippen LogP contribution in [0.1, 0.15) is 53.0 Å². The van der Waals surface area contributed by atoms with Crippen molar-refractivity contribution >= 4 is 21.8 Å². The SMILES string of the molecule is CCCCOc1ccc(C(=O)NNC(=O)c2cc(S(=O)(=O)NCC)ccc2C)cc1OC. The number of sulfonamides is 1. The molecule has 0 aliphatic carbocycles. The van der Waals surface area contributed by atoms with Crippen LogP contribution in [0.15, 0.2) is 41.3 Å². The number of carbonyl (C=O) groups excluding carboxylic acids is 2. The summed E-state index contributed by atoms with van der Waals surface area (Å²) < 4.78 is 37.7. The molecule has 0 saturated carbocycles. The van der Waals surface area contributed by atoms with Gasteiger partial charge in [-0.05, 0) is 49.2 Å². The normalized spacial score (nSPS) is 11.0. The first-order valence-corrected chi connectivity index (χ1v) is 11.7. The molecule has 0 aliphatic heterocycles. The highest BCUT2D eigenvalue weighted by Gasteiger charge is 2.18. The summed E-state index contributed by atoms with van der Waals surface area (Å²) >= 11 is 0. The molecule has 2 amide bonds. The molecule has 0 fully saturated rings. The van der Waals surface area contributed by atoms with E-state index >= 15 is 0 Å². The quantitative estimate of drug-likeness (QED) is 0.368. The number of methoxy groups -OCH3 is 1. The van der Waals surface area contributed by atoms with Crippen LogP contribution in [-0.4, -0.2) is 40.5 Å². The first kappa shape index (κ1) is 25.2. The number of hydrogen-bond acceptors (Lipinski definition) is 6. The van der Waals surface area contributed by atoms with E-state index in [1.54, 1.807) is 26.0 Å². The van der Waals surface area contributed by atoms with Crippen molar-refractivity contribution in [2.45, 2.75) is 38.5 Å². The molecule has 0 heterocycles. The first-order valence-electron chi connectivity index (χ1n) is 10.2. The number of nitrogens with one attached hydrogen (secondary N) is 3. The second-order valence-corrected chi connectivity index (χ2v) is 8.72. The number of benzene rings is 2. The molecular formula is C22H29N3O6S. The van der Waals surface area contributed by atoms with Gasteiger partial charge in [0.2, 0.25) is 10.0 Å². The van der Waals surface area contributed by atoms with E-state index in [0.29, 0.717) is 23.7 Å². The first-order chi connectivity index (χ1) is 15.2. The predicted molar refractivity (Wildman–Crippen MR) is 120 cm³/mol. The van der Waals surface area contributed by atoms with Gasteiger partial charge in [-0.3, -0.25) is 20.4 Å². The van der Waals surface area contributed by atoms with E-state index in [2.05, 4.69) is 22.5 Å². The average Bonchev–Trinajstić information content (AvgIpc) is 2.77. The highest BCUT2D eigenvalue weighted by molar-refractivity contribution is 7.89. The smallest absolute Gasteiger partial charge is 0.270 e. The Morgan fingerprint density at radius 1 is 0.969 bits per heavy atom. The Kier molecular flexibility index (Phi) is 9.03. The van der Waals surface area contributed by atoms with Crippen molar-refractivity contribution in [1.82, 2.24) is 15.6 Å². The van der Waals surface area contributed by atoms with Gasteiger partial charge < -0.3 is 9.47 Å². The van der Waals surface area contributed by atoms with Crippen LogP contribution < -0.4 is 25.0 Å². The zero-order valence-electron chi connectivity index (χ0n) is 18.7. The van der Waals surface area contributed by atoms with E-state index in [0.717, 1.165) is 12.8 Å². The van der Waals surface area contributed by atoms with Crippen LogP contribution in [0, 0.1) is 6.92 Å². The molecule has 2 aromatic rings. The van der Waals surface area contributed by atoms with Crippen molar-refractivity contribution in [2.24, 2.45) is 0 Å². The Bertz CT molecular complexity index is 1070. The molecule has 0 aromatic heterocycles. The summed E-state index contributed by atoms with van der Waals surface area (Å²) in [5.74, 6) is -0.283. The highest BCUT2D eigenvalue weighted by Crippen LogP contribution is 2.28. The zero-order chi connectivity index (χ0) is 23.7.